The molecule has 120 valence electrons. The van der Waals surface area contributed by atoms with Crippen LogP contribution < -0.4 is 11.1 Å². The SMILES string of the molecule is NC(=O)c1ccc(NC(=O)CS(=O)(=O)c2ccc(Cl)cc2)cc1. The lowest BCUT2D eigenvalue weighted by Gasteiger charge is -2.07. The van der Waals surface area contributed by atoms with Gasteiger partial charge in [-0.05, 0) is 48.5 Å². The minimum atomic E-state index is -3.76. The summed E-state index contributed by atoms with van der Waals surface area (Å²) in [6.07, 6.45) is 0. The van der Waals surface area contributed by atoms with E-state index in [4.69, 9.17) is 17.3 Å². The van der Waals surface area contributed by atoms with E-state index in [0.29, 0.717) is 10.7 Å². The van der Waals surface area contributed by atoms with Gasteiger partial charge in [0.05, 0.1) is 4.90 Å². The summed E-state index contributed by atoms with van der Waals surface area (Å²) in [6.45, 7) is 0. The fourth-order valence-electron chi connectivity index (χ4n) is 1.81. The van der Waals surface area contributed by atoms with Gasteiger partial charge in [-0.3, -0.25) is 9.59 Å². The number of hydrogen-bond donors (Lipinski definition) is 2. The molecular weight excluding hydrogens is 340 g/mol. The Labute approximate surface area is 138 Å². The van der Waals surface area contributed by atoms with Crippen LogP contribution in [0.1, 0.15) is 10.4 Å². The van der Waals surface area contributed by atoms with Crippen molar-refractivity contribution in [3.05, 3.63) is 59.1 Å². The summed E-state index contributed by atoms with van der Waals surface area (Å²) >= 11 is 5.70. The third-order valence-corrected chi connectivity index (χ3v) is 4.83. The zero-order valence-corrected chi connectivity index (χ0v) is 13.4. The monoisotopic (exact) mass is 352 g/mol. The van der Waals surface area contributed by atoms with Gasteiger partial charge in [0.15, 0.2) is 9.84 Å². The minimum absolute atomic E-state index is 0.0149. The summed E-state index contributed by atoms with van der Waals surface area (Å²) in [5, 5.41) is 2.85. The van der Waals surface area contributed by atoms with Crippen LogP contribution in [0.5, 0.6) is 0 Å². The molecule has 0 aromatic heterocycles. The van der Waals surface area contributed by atoms with Gasteiger partial charge in [0.2, 0.25) is 11.8 Å². The second kappa shape index (κ2) is 6.80. The van der Waals surface area contributed by atoms with Gasteiger partial charge in [0.25, 0.3) is 0 Å². The fraction of sp³-hybridized carbons (Fsp3) is 0.0667. The largest absolute Gasteiger partial charge is 0.366 e. The molecule has 0 heterocycles. The Morgan fingerprint density at radius 2 is 1.57 bits per heavy atom. The Morgan fingerprint density at radius 1 is 1.00 bits per heavy atom. The van der Waals surface area contributed by atoms with Crippen molar-refractivity contribution in [1.29, 1.82) is 0 Å². The number of carbonyl (C=O) groups is 2. The van der Waals surface area contributed by atoms with Crippen molar-refractivity contribution in [2.45, 2.75) is 4.90 Å². The van der Waals surface area contributed by atoms with Crippen molar-refractivity contribution in [1.82, 2.24) is 0 Å². The molecule has 0 spiro atoms. The second-order valence-electron chi connectivity index (χ2n) is 4.70. The molecule has 0 bridgehead atoms. The molecule has 23 heavy (non-hydrogen) atoms. The van der Waals surface area contributed by atoms with Crippen LogP contribution in [0.3, 0.4) is 0 Å². The number of nitrogens with one attached hydrogen (secondary N) is 1. The molecule has 0 saturated carbocycles. The van der Waals surface area contributed by atoms with Gasteiger partial charge >= 0.3 is 0 Å². The first-order valence-corrected chi connectivity index (χ1v) is 8.49. The molecule has 2 aromatic carbocycles. The van der Waals surface area contributed by atoms with Gasteiger partial charge in [-0.25, -0.2) is 8.42 Å². The highest BCUT2D eigenvalue weighted by Gasteiger charge is 2.19. The van der Waals surface area contributed by atoms with E-state index in [0.717, 1.165) is 0 Å². The summed E-state index contributed by atoms with van der Waals surface area (Å²) < 4.78 is 24.2. The predicted octanol–water partition coefficient (Wildman–Crippen LogP) is 1.85. The van der Waals surface area contributed by atoms with Crippen LogP contribution in [-0.4, -0.2) is 26.0 Å². The fourth-order valence-corrected chi connectivity index (χ4v) is 3.07. The maximum atomic E-state index is 12.1. The quantitative estimate of drug-likeness (QED) is 0.856. The van der Waals surface area contributed by atoms with Crippen LogP contribution >= 0.6 is 11.6 Å². The number of benzene rings is 2. The molecule has 0 aliphatic carbocycles. The normalized spacial score (nSPS) is 11.0. The zero-order valence-electron chi connectivity index (χ0n) is 11.8. The lowest BCUT2D eigenvalue weighted by atomic mass is 10.2. The van der Waals surface area contributed by atoms with E-state index < -0.39 is 27.4 Å². The summed E-state index contributed by atoms with van der Waals surface area (Å²) in [5.41, 5.74) is 5.76. The van der Waals surface area contributed by atoms with Crippen molar-refractivity contribution >= 4 is 38.9 Å². The maximum Gasteiger partial charge on any atom is 0.248 e. The first-order valence-electron chi connectivity index (χ1n) is 6.46. The van der Waals surface area contributed by atoms with Crippen molar-refractivity contribution in [3.8, 4) is 0 Å². The molecule has 0 unspecified atom stereocenters. The second-order valence-corrected chi connectivity index (χ2v) is 7.13. The third kappa shape index (κ3) is 4.54. The summed E-state index contributed by atoms with van der Waals surface area (Å²) in [5.74, 6) is -1.98. The molecule has 0 saturated heterocycles. The molecule has 2 rings (SSSR count). The number of primary amides is 1. The van der Waals surface area contributed by atoms with Gasteiger partial charge in [0.1, 0.15) is 5.75 Å². The number of carbonyl (C=O) groups excluding carboxylic acids is 2. The molecule has 0 aliphatic heterocycles. The first kappa shape index (κ1) is 17.0. The van der Waals surface area contributed by atoms with Crippen LogP contribution in [0.4, 0.5) is 5.69 Å². The number of amides is 2. The average molecular weight is 353 g/mol. The van der Waals surface area contributed by atoms with E-state index in [1.165, 1.54) is 48.5 Å². The highest BCUT2D eigenvalue weighted by molar-refractivity contribution is 7.92. The number of hydrogen-bond acceptors (Lipinski definition) is 4. The Kier molecular flexibility index (Phi) is 5.02. The molecule has 2 amide bonds. The van der Waals surface area contributed by atoms with E-state index in [1.807, 2.05) is 0 Å². The van der Waals surface area contributed by atoms with Gasteiger partial charge < -0.3 is 11.1 Å². The Morgan fingerprint density at radius 3 is 2.09 bits per heavy atom. The molecular formula is C15H13ClN2O4S. The van der Waals surface area contributed by atoms with Crippen molar-refractivity contribution in [3.63, 3.8) is 0 Å². The number of rotatable bonds is 5. The maximum absolute atomic E-state index is 12.1. The van der Waals surface area contributed by atoms with Crippen molar-refractivity contribution in [2.24, 2.45) is 5.73 Å². The molecule has 3 N–H and O–H groups in total. The number of halogens is 1. The minimum Gasteiger partial charge on any atom is -0.366 e. The van der Waals surface area contributed by atoms with Crippen LogP contribution in [-0.2, 0) is 14.6 Å². The van der Waals surface area contributed by atoms with Gasteiger partial charge in [-0.1, -0.05) is 11.6 Å². The van der Waals surface area contributed by atoms with Crippen LogP contribution in [0.15, 0.2) is 53.4 Å². The molecule has 0 aliphatic rings. The van der Waals surface area contributed by atoms with Crippen LogP contribution in [0.25, 0.3) is 0 Å². The highest BCUT2D eigenvalue weighted by atomic mass is 35.5. The molecule has 2 aromatic rings. The van der Waals surface area contributed by atoms with Crippen LogP contribution in [0.2, 0.25) is 5.02 Å². The Bertz CT molecular complexity index is 831. The van der Waals surface area contributed by atoms with E-state index in [9.17, 15) is 18.0 Å². The van der Waals surface area contributed by atoms with Crippen molar-refractivity contribution < 1.29 is 18.0 Å². The van der Waals surface area contributed by atoms with E-state index in [-0.39, 0.29) is 10.5 Å². The zero-order chi connectivity index (χ0) is 17.0. The summed E-state index contributed by atoms with van der Waals surface area (Å²) in [6, 6.07) is 11.4. The van der Waals surface area contributed by atoms with Crippen LogP contribution in [0, 0.1) is 0 Å². The number of sulfone groups is 1. The first-order chi connectivity index (χ1) is 10.8. The lowest BCUT2D eigenvalue weighted by Crippen LogP contribution is -2.23. The average Bonchev–Trinajstić information content (AvgIpc) is 2.47. The topological polar surface area (TPSA) is 106 Å². The standard InChI is InChI=1S/C15H13ClN2O4S/c16-11-3-7-13(8-4-11)23(21,22)9-14(19)18-12-5-1-10(2-6-12)15(17)20/h1-8H,9H2,(H2,17,20)(H,18,19). The third-order valence-electron chi connectivity index (χ3n) is 2.95. The smallest absolute Gasteiger partial charge is 0.248 e. The van der Waals surface area contributed by atoms with Gasteiger partial charge in [0, 0.05) is 16.3 Å². The molecule has 0 atom stereocenters. The number of nitrogens with two attached hydrogens (primary N) is 1. The lowest BCUT2D eigenvalue weighted by molar-refractivity contribution is -0.113. The number of anilines is 1. The predicted molar refractivity (Wildman–Crippen MR) is 87.1 cm³/mol. The Hall–Kier alpha value is -2.38. The summed E-state index contributed by atoms with van der Waals surface area (Å²) in [7, 11) is -3.76. The van der Waals surface area contributed by atoms with E-state index in [1.54, 1.807) is 0 Å². The molecule has 6 nitrogen and oxygen atoms in total. The van der Waals surface area contributed by atoms with Gasteiger partial charge in [-0.15, -0.1) is 0 Å². The molecule has 0 fully saturated rings. The molecule has 8 heteroatoms. The highest BCUT2D eigenvalue weighted by Crippen LogP contribution is 2.16. The van der Waals surface area contributed by atoms with E-state index in [2.05, 4.69) is 5.32 Å². The molecule has 0 radical (unpaired) electrons. The van der Waals surface area contributed by atoms with Crippen molar-refractivity contribution in [2.75, 3.05) is 11.1 Å². The van der Waals surface area contributed by atoms with Gasteiger partial charge in [-0.2, -0.15) is 0 Å². The van der Waals surface area contributed by atoms with E-state index >= 15 is 0 Å². The summed E-state index contributed by atoms with van der Waals surface area (Å²) in [4.78, 5) is 22.8. The Balaban J connectivity index is 2.06.